The fourth-order valence-electron chi connectivity index (χ4n) is 2.28. The molecule has 12 heavy (non-hydrogen) atoms. The van der Waals surface area contributed by atoms with E-state index in [0.717, 1.165) is 5.92 Å². The third-order valence-electron chi connectivity index (χ3n) is 2.85. The highest BCUT2D eigenvalue weighted by atomic mass is 16.5. The molecule has 3 atom stereocenters. The molecule has 0 aromatic carbocycles. The Morgan fingerprint density at radius 1 is 1.42 bits per heavy atom. The summed E-state index contributed by atoms with van der Waals surface area (Å²) in [4.78, 5) is 10.7. The van der Waals surface area contributed by atoms with Crippen molar-refractivity contribution in [3.63, 3.8) is 0 Å². The van der Waals surface area contributed by atoms with Crippen molar-refractivity contribution in [2.24, 2.45) is 11.8 Å². The summed E-state index contributed by atoms with van der Waals surface area (Å²) in [6.07, 6.45) is 8.05. The van der Waals surface area contributed by atoms with Crippen molar-refractivity contribution in [2.45, 2.75) is 32.3 Å². The minimum atomic E-state index is -0.157. The second kappa shape index (κ2) is 2.92. The maximum atomic E-state index is 10.7. The van der Waals surface area contributed by atoms with Crippen molar-refractivity contribution in [1.29, 1.82) is 0 Å². The van der Waals surface area contributed by atoms with E-state index in [4.69, 9.17) is 4.74 Å². The first-order chi connectivity index (χ1) is 5.75. The van der Waals surface area contributed by atoms with Gasteiger partial charge in [0.1, 0.15) is 6.10 Å². The van der Waals surface area contributed by atoms with Gasteiger partial charge in [0.15, 0.2) is 0 Å². The van der Waals surface area contributed by atoms with Crippen LogP contribution in [-0.4, -0.2) is 12.1 Å². The zero-order chi connectivity index (χ0) is 8.55. The Bertz CT molecular complexity index is 220. The summed E-state index contributed by atoms with van der Waals surface area (Å²) in [7, 11) is 0. The molecule has 2 rings (SSSR count). The highest BCUT2D eigenvalue weighted by Gasteiger charge is 2.33. The molecule has 0 aromatic heterocycles. The Morgan fingerprint density at radius 3 is 3.00 bits per heavy atom. The zero-order valence-corrected chi connectivity index (χ0v) is 7.32. The van der Waals surface area contributed by atoms with Crippen molar-refractivity contribution in [2.75, 3.05) is 0 Å². The van der Waals surface area contributed by atoms with E-state index in [2.05, 4.69) is 12.2 Å². The molecule has 2 bridgehead atoms. The molecule has 1 saturated carbocycles. The third-order valence-corrected chi connectivity index (χ3v) is 2.85. The molecule has 1 fully saturated rings. The van der Waals surface area contributed by atoms with E-state index < -0.39 is 0 Å². The fraction of sp³-hybridized carbons (Fsp3) is 0.700. The summed E-state index contributed by atoms with van der Waals surface area (Å²) in [6, 6.07) is 0. The van der Waals surface area contributed by atoms with E-state index in [9.17, 15) is 4.79 Å². The van der Waals surface area contributed by atoms with E-state index in [1.54, 1.807) is 0 Å². The molecule has 0 N–H and O–H groups in total. The molecule has 0 heterocycles. The number of fused-ring (bicyclic) bond motifs is 2. The van der Waals surface area contributed by atoms with Gasteiger partial charge in [-0.3, -0.25) is 4.79 Å². The molecule has 0 spiro atoms. The van der Waals surface area contributed by atoms with E-state index in [1.807, 2.05) is 0 Å². The van der Waals surface area contributed by atoms with Crippen LogP contribution >= 0.6 is 0 Å². The number of carbonyl (C=O) groups is 1. The number of rotatable bonds is 1. The lowest BCUT2D eigenvalue weighted by molar-refractivity contribution is -0.146. The number of carbonyl (C=O) groups excluding carboxylic acids is 1. The van der Waals surface area contributed by atoms with Gasteiger partial charge in [-0.2, -0.15) is 0 Å². The van der Waals surface area contributed by atoms with Gasteiger partial charge in [-0.1, -0.05) is 6.08 Å². The SMILES string of the molecule is CC(=O)O[C@H]1C=C[C@@H]2CC[C@H]1C2. The largest absolute Gasteiger partial charge is 0.458 e. The van der Waals surface area contributed by atoms with Crippen LogP contribution in [0, 0.1) is 11.8 Å². The Kier molecular flexibility index (Phi) is 1.91. The molecule has 0 aromatic rings. The Balaban J connectivity index is 2.02. The molecule has 66 valence electrons. The van der Waals surface area contributed by atoms with Gasteiger partial charge < -0.3 is 4.74 Å². The van der Waals surface area contributed by atoms with E-state index in [-0.39, 0.29) is 12.1 Å². The molecule has 2 nitrogen and oxygen atoms in total. The Labute approximate surface area is 72.6 Å². The molecular formula is C10H14O2. The number of hydrogen-bond donors (Lipinski definition) is 0. The molecule has 2 heteroatoms. The zero-order valence-electron chi connectivity index (χ0n) is 7.32. The van der Waals surface area contributed by atoms with Gasteiger partial charge in [-0.25, -0.2) is 0 Å². The lowest BCUT2D eigenvalue weighted by atomic mass is 9.93. The predicted molar refractivity (Wildman–Crippen MR) is 45.5 cm³/mol. The van der Waals surface area contributed by atoms with Gasteiger partial charge in [0, 0.05) is 12.8 Å². The Hall–Kier alpha value is -0.790. The van der Waals surface area contributed by atoms with Gasteiger partial charge in [0.05, 0.1) is 0 Å². The van der Waals surface area contributed by atoms with Crippen LogP contribution in [0.5, 0.6) is 0 Å². The van der Waals surface area contributed by atoms with E-state index in [0.29, 0.717) is 5.92 Å². The quantitative estimate of drug-likeness (QED) is 0.439. The topological polar surface area (TPSA) is 26.3 Å². The number of ether oxygens (including phenoxy) is 1. The lowest BCUT2D eigenvalue weighted by Gasteiger charge is -2.23. The van der Waals surface area contributed by atoms with Crippen LogP contribution in [0.4, 0.5) is 0 Å². The average Bonchev–Trinajstić information content (AvgIpc) is 2.39. The first-order valence-electron chi connectivity index (χ1n) is 4.61. The molecular weight excluding hydrogens is 152 g/mol. The third kappa shape index (κ3) is 1.38. The maximum Gasteiger partial charge on any atom is 0.303 e. The fourth-order valence-corrected chi connectivity index (χ4v) is 2.28. The van der Waals surface area contributed by atoms with Gasteiger partial charge in [0.2, 0.25) is 0 Å². The van der Waals surface area contributed by atoms with E-state index >= 15 is 0 Å². The summed E-state index contributed by atoms with van der Waals surface area (Å²) in [5, 5.41) is 0. The normalized spacial score (nSPS) is 38.2. The monoisotopic (exact) mass is 166 g/mol. The van der Waals surface area contributed by atoms with Crippen LogP contribution in [0.1, 0.15) is 26.2 Å². The highest BCUT2D eigenvalue weighted by molar-refractivity contribution is 5.66. The van der Waals surface area contributed by atoms with Crippen molar-refractivity contribution in [3.8, 4) is 0 Å². The molecule has 0 aliphatic heterocycles. The summed E-state index contributed by atoms with van der Waals surface area (Å²) in [6.45, 7) is 1.48. The summed E-state index contributed by atoms with van der Waals surface area (Å²) < 4.78 is 5.20. The summed E-state index contributed by atoms with van der Waals surface area (Å²) in [5.74, 6) is 1.21. The molecule has 0 radical (unpaired) electrons. The van der Waals surface area contributed by atoms with Crippen LogP contribution < -0.4 is 0 Å². The standard InChI is InChI=1S/C10H14O2/c1-7(11)12-10-5-3-8-2-4-9(10)6-8/h3,5,8-10H,2,4,6H2,1H3/t8-,9-,10-/m0/s1. The van der Waals surface area contributed by atoms with Crippen LogP contribution in [0.3, 0.4) is 0 Å². The smallest absolute Gasteiger partial charge is 0.303 e. The molecule has 2 aliphatic carbocycles. The summed E-state index contributed by atoms with van der Waals surface area (Å²) >= 11 is 0. The van der Waals surface area contributed by atoms with Gasteiger partial charge in [-0.05, 0) is 31.3 Å². The highest BCUT2D eigenvalue weighted by Crippen LogP contribution is 2.39. The number of esters is 1. The lowest BCUT2D eigenvalue weighted by Crippen LogP contribution is -2.24. The second-order valence-electron chi connectivity index (χ2n) is 3.79. The van der Waals surface area contributed by atoms with Gasteiger partial charge >= 0.3 is 5.97 Å². The van der Waals surface area contributed by atoms with Crippen LogP contribution in [0.15, 0.2) is 12.2 Å². The van der Waals surface area contributed by atoms with Gasteiger partial charge in [-0.15, -0.1) is 0 Å². The van der Waals surface area contributed by atoms with Crippen molar-refractivity contribution < 1.29 is 9.53 Å². The van der Waals surface area contributed by atoms with Crippen molar-refractivity contribution in [3.05, 3.63) is 12.2 Å². The average molecular weight is 166 g/mol. The molecule has 0 saturated heterocycles. The van der Waals surface area contributed by atoms with Crippen molar-refractivity contribution >= 4 is 5.97 Å². The van der Waals surface area contributed by atoms with Crippen LogP contribution in [-0.2, 0) is 9.53 Å². The number of hydrogen-bond acceptors (Lipinski definition) is 2. The van der Waals surface area contributed by atoms with Crippen LogP contribution in [0.25, 0.3) is 0 Å². The van der Waals surface area contributed by atoms with E-state index in [1.165, 1.54) is 26.2 Å². The molecule has 2 aliphatic rings. The minimum absolute atomic E-state index is 0.0706. The first-order valence-corrected chi connectivity index (χ1v) is 4.61. The molecule has 0 unspecified atom stereocenters. The predicted octanol–water partition coefficient (Wildman–Crippen LogP) is 1.90. The van der Waals surface area contributed by atoms with Crippen LogP contribution in [0.2, 0.25) is 0 Å². The minimum Gasteiger partial charge on any atom is -0.458 e. The first kappa shape index (κ1) is 7.84. The Morgan fingerprint density at radius 2 is 2.25 bits per heavy atom. The number of allylic oxidation sites excluding steroid dienone is 1. The maximum absolute atomic E-state index is 10.7. The second-order valence-corrected chi connectivity index (χ2v) is 3.79. The molecule has 0 amide bonds. The summed E-state index contributed by atoms with van der Waals surface area (Å²) in [5.41, 5.74) is 0. The van der Waals surface area contributed by atoms with Gasteiger partial charge in [0.25, 0.3) is 0 Å². The van der Waals surface area contributed by atoms with Crippen molar-refractivity contribution in [1.82, 2.24) is 0 Å².